The third-order valence-corrected chi connectivity index (χ3v) is 3.18. The molecule has 2 rings (SSSR count). The van der Waals surface area contributed by atoms with Crippen LogP contribution in [0.3, 0.4) is 0 Å². The van der Waals surface area contributed by atoms with Crippen LogP contribution in [0.4, 0.5) is 0 Å². The number of hydrogen-bond donors (Lipinski definition) is 1. The van der Waals surface area contributed by atoms with Crippen LogP contribution in [0.15, 0.2) is 22.7 Å². The van der Waals surface area contributed by atoms with E-state index in [2.05, 4.69) is 10.1 Å². The Morgan fingerprint density at radius 3 is 2.78 bits per heavy atom. The minimum atomic E-state index is -3.20. The van der Waals surface area contributed by atoms with Crippen LogP contribution in [0.2, 0.25) is 0 Å². The molecule has 1 aromatic heterocycles. The van der Waals surface area contributed by atoms with Gasteiger partial charge >= 0.3 is 0 Å². The number of aromatic nitrogens is 2. The summed E-state index contributed by atoms with van der Waals surface area (Å²) >= 11 is 0. The summed E-state index contributed by atoms with van der Waals surface area (Å²) in [6.07, 6.45) is 1.10. The van der Waals surface area contributed by atoms with Crippen molar-refractivity contribution in [3.8, 4) is 17.2 Å². The zero-order chi connectivity index (χ0) is 13.3. The molecule has 0 saturated heterocycles. The molecule has 0 unspecified atom stereocenters. The highest BCUT2D eigenvalue weighted by Gasteiger charge is 2.15. The summed E-state index contributed by atoms with van der Waals surface area (Å²) in [6, 6.07) is 4.91. The van der Waals surface area contributed by atoms with Gasteiger partial charge in [-0.15, -0.1) is 0 Å². The van der Waals surface area contributed by atoms with Crippen LogP contribution in [-0.4, -0.2) is 29.9 Å². The van der Waals surface area contributed by atoms with Gasteiger partial charge in [0.05, 0.1) is 0 Å². The standard InChI is InChI=1S/C11H12N2O4S/c1-7-8(4-3-5-9(7)14)11-12-10(13-17-11)6-18(2,15)16/h3-5,14H,6H2,1-2H3. The first kappa shape index (κ1) is 12.6. The first-order valence-electron chi connectivity index (χ1n) is 5.16. The Morgan fingerprint density at radius 2 is 2.11 bits per heavy atom. The summed E-state index contributed by atoms with van der Waals surface area (Å²) in [5, 5.41) is 13.2. The van der Waals surface area contributed by atoms with E-state index in [0.29, 0.717) is 11.1 Å². The number of aromatic hydroxyl groups is 1. The maximum atomic E-state index is 11.1. The van der Waals surface area contributed by atoms with Crippen LogP contribution in [0.1, 0.15) is 11.4 Å². The first-order chi connectivity index (χ1) is 8.37. The van der Waals surface area contributed by atoms with E-state index < -0.39 is 9.84 Å². The molecule has 1 aromatic carbocycles. The van der Waals surface area contributed by atoms with Crippen LogP contribution in [-0.2, 0) is 15.6 Å². The molecule has 1 N–H and O–H groups in total. The summed E-state index contributed by atoms with van der Waals surface area (Å²) in [7, 11) is -3.20. The smallest absolute Gasteiger partial charge is 0.258 e. The Labute approximate surface area is 104 Å². The van der Waals surface area contributed by atoms with Crippen LogP contribution in [0.5, 0.6) is 5.75 Å². The fraction of sp³-hybridized carbons (Fsp3) is 0.273. The van der Waals surface area contributed by atoms with E-state index in [1.807, 2.05) is 0 Å². The van der Waals surface area contributed by atoms with E-state index in [0.717, 1.165) is 6.26 Å². The van der Waals surface area contributed by atoms with Crippen molar-refractivity contribution >= 4 is 9.84 Å². The molecule has 0 aliphatic carbocycles. The predicted molar refractivity (Wildman–Crippen MR) is 64.7 cm³/mol. The Bertz CT molecular complexity index is 676. The van der Waals surface area contributed by atoms with Gasteiger partial charge in [0.15, 0.2) is 15.7 Å². The van der Waals surface area contributed by atoms with Gasteiger partial charge in [0.2, 0.25) is 0 Å². The molecule has 0 fully saturated rings. The molecule has 6 nitrogen and oxygen atoms in total. The lowest BCUT2D eigenvalue weighted by atomic mass is 10.1. The molecule has 0 aliphatic rings. The minimum absolute atomic E-state index is 0.107. The largest absolute Gasteiger partial charge is 0.508 e. The van der Waals surface area contributed by atoms with Gasteiger partial charge in [-0.1, -0.05) is 11.2 Å². The molecule has 7 heteroatoms. The lowest BCUT2D eigenvalue weighted by Gasteiger charge is -2.01. The minimum Gasteiger partial charge on any atom is -0.508 e. The third-order valence-electron chi connectivity index (χ3n) is 2.39. The van der Waals surface area contributed by atoms with Crippen molar-refractivity contribution in [3.05, 3.63) is 29.6 Å². The van der Waals surface area contributed by atoms with Crippen LogP contribution in [0.25, 0.3) is 11.5 Å². The highest BCUT2D eigenvalue weighted by atomic mass is 32.2. The van der Waals surface area contributed by atoms with Crippen LogP contribution < -0.4 is 0 Å². The molecule has 96 valence electrons. The molecule has 1 heterocycles. The summed E-state index contributed by atoms with van der Waals surface area (Å²) in [5.74, 6) is 0.154. The monoisotopic (exact) mass is 268 g/mol. The van der Waals surface area contributed by atoms with Gasteiger partial charge < -0.3 is 9.63 Å². The molecule has 0 spiro atoms. The topological polar surface area (TPSA) is 93.3 Å². The number of nitrogens with zero attached hydrogens (tertiary/aromatic N) is 2. The van der Waals surface area contributed by atoms with Gasteiger partial charge in [-0.25, -0.2) is 8.42 Å². The molecule has 2 aromatic rings. The van der Waals surface area contributed by atoms with Gasteiger partial charge in [0.25, 0.3) is 5.89 Å². The predicted octanol–water partition coefficient (Wildman–Crippen LogP) is 1.30. The Morgan fingerprint density at radius 1 is 1.39 bits per heavy atom. The molecule has 18 heavy (non-hydrogen) atoms. The molecular formula is C11H12N2O4S. The highest BCUT2D eigenvalue weighted by molar-refractivity contribution is 7.89. The number of phenols is 1. The Hall–Kier alpha value is -1.89. The molecule has 0 atom stereocenters. The van der Waals surface area contributed by atoms with Crippen molar-refractivity contribution in [2.24, 2.45) is 0 Å². The molecule has 0 aliphatic heterocycles. The van der Waals surface area contributed by atoms with Gasteiger partial charge in [-0.2, -0.15) is 4.98 Å². The van der Waals surface area contributed by atoms with E-state index >= 15 is 0 Å². The quantitative estimate of drug-likeness (QED) is 0.901. The maximum absolute atomic E-state index is 11.1. The van der Waals surface area contributed by atoms with Crippen molar-refractivity contribution in [3.63, 3.8) is 0 Å². The molecule has 0 bridgehead atoms. The number of sulfone groups is 1. The lowest BCUT2D eigenvalue weighted by molar-refractivity contribution is 0.423. The summed E-state index contributed by atoms with van der Waals surface area (Å²) < 4.78 is 27.2. The van der Waals surface area contributed by atoms with Crippen molar-refractivity contribution in [1.29, 1.82) is 0 Å². The number of benzene rings is 1. The second kappa shape index (κ2) is 4.41. The Balaban J connectivity index is 2.38. The van der Waals surface area contributed by atoms with Crippen LogP contribution >= 0.6 is 0 Å². The normalized spacial score (nSPS) is 11.7. The summed E-state index contributed by atoms with van der Waals surface area (Å²) in [5.41, 5.74) is 1.19. The third kappa shape index (κ3) is 2.67. The molecule has 0 saturated carbocycles. The first-order valence-corrected chi connectivity index (χ1v) is 7.22. The highest BCUT2D eigenvalue weighted by Crippen LogP contribution is 2.27. The molecule has 0 radical (unpaired) electrons. The van der Waals surface area contributed by atoms with Crippen LogP contribution in [0, 0.1) is 6.92 Å². The Kier molecular flexibility index (Phi) is 3.08. The SMILES string of the molecule is Cc1c(O)cccc1-c1nc(CS(C)(=O)=O)no1. The van der Waals surface area contributed by atoms with Crippen molar-refractivity contribution in [1.82, 2.24) is 10.1 Å². The summed E-state index contributed by atoms with van der Waals surface area (Å²) in [4.78, 5) is 4.00. The number of phenolic OH excluding ortho intramolecular Hbond substituents is 1. The lowest BCUT2D eigenvalue weighted by Crippen LogP contribution is -2.02. The van der Waals surface area contributed by atoms with Crippen molar-refractivity contribution in [2.45, 2.75) is 12.7 Å². The molecule has 0 amide bonds. The van der Waals surface area contributed by atoms with Gasteiger partial charge in [0.1, 0.15) is 11.5 Å². The molecular weight excluding hydrogens is 256 g/mol. The van der Waals surface area contributed by atoms with E-state index in [1.165, 1.54) is 0 Å². The second-order valence-electron chi connectivity index (χ2n) is 4.04. The zero-order valence-electron chi connectivity index (χ0n) is 9.91. The second-order valence-corrected chi connectivity index (χ2v) is 6.18. The van der Waals surface area contributed by atoms with E-state index in [1.54, 1.807) is 25.1 Å². The fourth-order valence-corrected chi connectivity index (χ4v) is 2.10. The van der Waals surface area contributed by atoms with Crippen molar-refractivity contribution in [2.75, 3.05) is 6.26 Å². The maximum Gasteiger partial charge on any atom is 0.258 e. The van der Waals surface area contributed by atoms with Crippen molar-refractivity contribution < 1.29 is 18.0 Å². The number of rotatable bonds is 3. The van der Waals surface area contributed by atoms with E-state index in [9.17, 15) is 13.5 Å². The zero-order valence-corrected chi connectivity index (χ0v) is 10.7. The van der Waals surface area contributed by atoms with E-state index in [4.69, 9.17) is 4.52 Å². The average Bonchev–Trinajstić information content (AvgIpc) is 2.68. The summed E-state index contributed by atoms with van der Waals surface area (Å²) in [6.45, 7) is 1.71. The van der Waals surface area contributed by atoms with E-state index in [-0.39, 0.29) is 23.2 Å². The fourth-order valence-electron chi connectivity index (χ4n) is 1.51. The average molecular weight is 268 g/mol. The van der Waals surface area contributed by atoms with Gasteiger partial charge in [-0.3, -0.25) is 0 Å². The number of hydrogen-bond acceptors (Lipinski definition) is 6. The van der Waals surface area contributed by atoms with Gasteiger partial charge in [0, 0.05) is 17.4 Å². The van der Waals surface area contributed by atoms with Gasteiger partial charge in [-0.05, 0) is 19.1 Å².